The Morgan fingerprint density at radius 1 is 0.806 bits per heavy atom. The number of nitrogens with zero attached hydrogens (tertiary/aromatic N) is 4. The van der Waals surface area contributed by atoms with Crippen molar-refractivity contribution in [2.24, 2.45) is 0 Å². The first kappa shape index (κ1) is 23.6. The van der Waals surface area contributed by atoms with Gasteiger partial charge in [0.15, 0.2) is 0 Å². The van der Waals surface area contributed by atoms with Crippen LogP contribution in [0.25, 0.3) is 0 Å². The molecule has 2 N–H and O–H groups in total. The molecule has 3 heterocycles. The van der Waals surface area contributed by atoms with Crippen molar-refractivity contribution in [1.82, 2.24) is 24.5 Å². The van der Waals surface area contributed by atoms with E-state index in [0.29, 0.717) is 0 Å². The molecule has 0 aliphatic heterocycles. The van der Waals surface area contributed by atoms with Gasteiger partial charge in [-0.05, 0) is 11.1 Å². The zero-order chi connectivity index (χ0) is 20.9. The predicted octanol–water partition coefficient (Wildman–Crippen LogP) is 1.00. The molecule has 5 rings (SSSR count). The molecule has 0 aliphatic carbocycles. The highest BCUT2D eigenvalue weighted by molar-refractivity contribution is 5.15. The quantitative estimate of drug-likeness (QED) is 0.414. The van der Waals surface area contributed by atoms with Crippen molar-refractivity contribution >= 4 is 0 Å². The van der Waals surface area contributed by atoms with Crippen molar-refractivity contribution < 1.29 is 17.0 Å². The van der Waals surface area contributed by atoms with E-state index in [1.54, 1.807) is 37.4 Å². The van der Waals surface area contributed by atoms with Crippen LogP contribution >= 0.6 is 0 Å². The number of hydrogen-bond donors (Lipinski definition) is 2. The number of hydrogen-bond acceptors (Lipinski definition) is 2. The van der Waals surface area contributed by atoms with Gasteiger partial charge in [0.1, 0.15) is 25.5 Å². The van der Waals surface area contributed by atoms with E-state index in [-0.39, 0.29) is 12.4 Å². The smallest absolute Gasteiger partial charge is 0.253 e. The number of rotatable bonds is 4. The summed E-state index contributed by atoms with van der Waals surface area (Å²) in [6, 6.07) is 21.1. The van der Waals surface area contributed by atoms with Gasteiger partial charge in [-0.1, -0.05) is 60.7 Å². The van der Waals surface area contributed by atoms with Gasteiger partial charge in [-0.3, -0.25) is 0 Å². The minimum atomic E-state index is 0. The average Bonchev–Trinajstić information content (AvgIpc) is 3.58. The van der Waals surface area contributed by atoms with Crippen LogP contribution < -0.4 is 17.0 Å². The number of H-pyrrole nitrogens is 2. The number of nitrogens with one attached hydrogen (secondary N) is 2. The zero-order valence-corrected chi connectivity index (χ0v) is 18.2. The highest BCUT2D eigenvalue weighted by Crippen LogP contribution is 2.05. The van der Waals surface area contributed by atoms with Crippen molar-refractivity contribution in [2.75, 3.05) is 0 Å². The van der Waals surface area contributed by atoms with E-state index >= 15 is 0 Å². The minimum Gasteiger partial charge on any atom is -1.00 e. The molecule has 0 amide bonds. The normalized spacial score (nSPS) is 9.45. The first-order chi connectivity index (χ1) is 14.8. The molecule has 0 radical (unpaired) electrons. The van der Waals surface area contributed by atoms with E-state index in [1.807, 2.05) is 0 Å². The summed E-state index contributed by atoms with van der Waals surface area (Å²) < 4.78 is 4.58. The Morgan fingerprint density at radius 3 is 1.81 bits per heavy atom. The second-order valence-corrected chi connectivity index (χ2v) is 6.59. The van der Waals surface area contributed by atoms with Gasteiger partial charge in [-0.2, -0.15) is 0 Å². The number of imidazole rings is 3. The Balaban J connectivity index is 0.000000254. The van der Waals surface area contributed by atoms with Gasteiger partial charge in [0.25, 0.3) is 5.82 Å². The topological polar surface area (TPSA) is 66.2 Å². The maximum absolute atomic E-state index is 3.67. The van der Waals surface area contributed by atoms with E-state index < -0.39 is 0 Å². The molecule has 5 aromatic rings. The number of benzene rings is 2. The summed E-state index contributed by atoms with van der Waals surface area (Å²) in [5.74, 6) is 1.28. The fraction of sp³-hybridized carbons (Fsp3) is 0.125. The molecule has 0 fully saturated rings. The highest BCUT2D eigenvalue weighted by Gasteiger charge is 2.12. The van der Waals surface area contributed by atoms with Crippen LogP contribution in [0.3, 0.4) is 0 Å². The van der Waals surface area contributed by atoms with Crippen LogP contribution in [0.2, 0.25) is 0 Å². The first-order valence-corrected chi connectivity index (χ1v) is 9.81. The Morgan fingerprint density at radius 2 is 1.35 bits per heavy atom. The van der Waals surface area contributed by atoms with Crippen LogP contribution in [0.5, 0.6) is 0 Å². The minimum absolute atomic E-state index is 0. The van der Waals surface area contributed by atoms with Crippen LogP contribution in [-0.2, 0) is 13.1 Å². The highest BCUT2D eigenvalue weighted by atomic mass is 35.5. The standard InChI is InChI=1S/C18H19N2.2C3H4N2.ClH/c1-16-19(14-17-8-4-2-5-9-17)12-13-20(16)15-18-10-6-3-7-11-18;2*1-2-5-3-4-1;/h2-13H,14-15H2,1H3;2*1-3H,(H,4,5);1H/q+1;;;/p-1. The van der Waals surface area contributed by atoms with Crippen molar-refractivity contribution in [3.05, 3.63) is 127 Å². The Kier molecular flexibility index (Phi) is 10.3. The van der Waals surface area contributed by atoms with E-state index in [9.17, 15) is 0 Å². The van der Waals surface area contributed by atoms with Gasteiger partial charge in [0, 0.05) is 31.7 Å². The summed E-state index contributed by atoms with van der Waals surface area (Å²) >= 11 is 0. The van der Waals surface area contributed by atoms with Crippen LogP contribution in [0.4, 0.5) is 0 Å². The third kappa shape index (κ3) is 8.32. The van der Waals surface area contributed by atoms with Crippen molar-refractivity contribution in [2.45, 2.75) is 20.0 Å². The lowest BCUT2D eigenvalue weighted by Crippen LogP contribution is -3.00. The first-order valence-electron chi connectivity index (χ1n) is 9.81. The van der Waals surface area contributed by atoms with E-state index in [1.165, 1.54) is 17.0 Å². The van der Waals surface area contributed by atoms with Crippen LogP contribution in [0, 0.1) is 6.92 Å². The molecule has 0 aliphatic rings. The van der Waals surface area contributed by atoms with Crippen LogP contribution in [0.1, 0.15) is 17.0 Å². The number of halogens is 1. The molecule has 2 aromatic carbocycles. The maximum atomic E-state index is 3.67. The Bertz CT molecular complexity index is 923. The largest absolute Gasteiger partial charge is 1.00 e. The Hall–Kier alpha value is -3.64. The fourth-order valence-electron chi connectivity index (χ4n) is 2.87. The summed E-state index contributed by atoms with van der Waals surface area (Å²) in [6.07, 6.45) is 14.5. The molecule has 7 heteroatoms. The van der Waals surface area contributed by atoms with Gasteiger partial charge in [-0.25, -0.2) is 19.1 Å². The van der Waals surface area contributed by atoms with E-state index in [4.69, 9.17) is 0 Å². The second-order valence-electron chi connectivity index (χ2n) is 6.59. The summed E-state index contributed by atoms with van der Waals surface area (Å²) in [6.45, 7) is 4.02. The van der Waals surface area contributed by atoms with Crippen molar-refractivity contribution in [3.8, 4) is 0 Å². The monoisotopic (exact) mass is 434 g/mol. The fourth-order valence-corrected chi connectivity index (χ4v) is 2.87. The third-order valence-corrected chi connectivity index (χ3v) is 4.46. The van der Waals surface area contributed by atoms with Gasteiger partial charge < -0.3 is 22.4 Å². The second kappa shape index (κ2) is 13.6. The van der Waals surface area contributed by atoms with Crippen molar-refractivity contribution in [1.29, 1.82) is 0 Å². The van der Waals surface area contributed by atoms with Crippen LogP contribution in [-0.4, -0.2) is 24.5 Å². The van der Waals surface area contributed by atoms with Gasteiger partial charge in [-0.15, -0.1) is 0 Å². The molecule has 0 atom stereocenters. The molecule has 0 bridgehead atoms. The molecule has 3 aromatic heterocycles. The average molecular weight is 435 g/mol. The molecule has 0 saturated carbocycles. The molecular formula is C24H27ClN6. The van der Waals surface area contributed by atoms with Crippen LogP contribution in [0.15, 0.2) is 110 Å². The third-order valence-electron chi connectivity index (χ3n) is 4.46. The summed E-state index contributed by atoms with van der Waals surface area (Å²) in [4.78, 5) is 12.8. The lowest BCUT2D eigenvalue weighted by Gasteiger charge is -2.02. The SMILES string of the molecule is Cc1n(Cc2ccccc2)cc[n+]1Cc1ccccc1.[Cl-].c1c[nH]cn1.c1c[nH]cn1. The maximum Gasteiger partial charge on any atom is 0.253 e. The Labute approximate surface area is 189 Å². The summed E-state index contributed by atoms with van der Waals surface area (Å²) in [7, 11) is 0. The lowest BCUT2D eigenvalue weighted by molar-refractivity contribution is -0.693. The zero-order valence-electron chi connectivity index (χ0n) is 17.5. The van der Waals surface area contributed by atoms with E-state index in [0.717, 1.165) is 13.1 Å². The molecule has 31 heavy (non-hydrogen) atoms. The number of aromatic amines is 2. The molecule has 6 nitrogen and oxygen atoms in total. The van der Waals surface area contributed by atoms with Crippen molar-refractivity contribution in [3.63, 3.8) is 0 Å². The lowest BCUT2D eigenvalue weighted by atomic mass is 10.2. The molecule has 0 unspecified atom stereocenters. The molecule has 0 saturated heterocycles. The van der Waals surface area contributed by atoms with E-state index in [2.05, 4.69) is 109 Å². The predicted molar refractivity (Wildman–Crippen MR) is 118 cm³/mol. The van der Waals surface area contributed by atoms with Gasteiger partial charge in [0.05, 0.1) is 12.7 Å². The van der Waals surface area contributed by atoms with Gasteiger partial charge in [0.2, 0.25) is 0 Å². The molecule has 160 valence electrons. The summed E-state index contributed by atoms with van der Waals surface area (Å²) in [5, 5.41) is 0. The number of aromatic nitrogens is 6. The summed E-state index contributed by atoms with van der Waals surface area (Å²) in [5.41, 5.74) is 2.66. The van der Waals surface area contributed by atoms with Gasteiger partial charge >= 0.3 is 0 Å². The molecule has 0 spiro atoms. The molecular weight excluding hydrogens is 408 g/mol.